The number of aromatic nitrogens is 3. The lowest BCUT2D eigenvalue weighted by Crippen LogP contribution is -1.98. The Bertz CT molecular complexity index is 3240. The molecule has 4 heterocycles. The maximum absolute atomic E-state index is 6.71. The lowest BCUT2D eigenvalue weighted by molar-refractivity contribution is 0.670. The van der Waals surface area contributed by atoms with Gasteiger partial charge in [-0.2, -0.15) is 0 Å². The molecule has 0 aliphatic carbocycles. The molecule has 0 unspecified atom stereocenters. The third kappa shape index (κ3) is 5.48. The van der Waals surface area contributed by atoms with Gasteiger partial charge in [-0.25, -0.2) is 9.97 Å². The zero-order valence-electron chi connectivity index (χ0n) is 30.1. The highest BCUT2D eigenvalue weighted by Gasteiger charge is 2.19. The molecule has 0 fully saturated rings. The molecule has 0 N–H and O–H groups in total. The van der Waals surface area contributed by atoms with E-state index in [1.807, 2.05) is 72.1 Å². The van der Waals surface area contributed by atoms with E-state index in [1.54, 1.807) is 0 Å². The van der Waals surface area contributed by atoms with Crippen LogP contribution in [0.5, 0.6) is 0 Å². The quantitative estimate of drug-likeness (QED) is 0.171. The average molecular weight is 734 g/mol. The minimum absolute atomic E-state index is 0.655. The number of furan rings is 1. The van der Waals surface area contributed by atoms with Crippen LogP contribution < -0.4 is 0 Å². The monoisotopic (exact) mass is 733 g/mol. The molecule has 0 atom stereocenters. The summed E-state index contributed by atoms with van der Waals surface area (Å²) in [7, 11) is 0. The molecule has 0 bridgehead atoms. The van der Waals surface area contributed by atoms with Gasteiger partial charge in [0.2, 0.25) is 0 Å². The first kappa shape index (κ1) is 32.2. The number of hydrogen-bond donors (Lipinski definition) is 0. The highest BCUT2D eigenvalue weighted by atomic mass is 32.1. The number of para-hydroxylation sites is 1. The first-order chi connectivity index (χ1) is 27.7. The summed E-state index contributed by atoms with van der Waals surface area (Å²) < 4.78 is 9.30. The van der Waals surface area contributed by atoms with Gasteiger partial charge in [-0.15, -0.1) is 11.3 Å². The van der Waals surface area contributed by atoms with E-state index in [1.165, 1.54) is 20.2 Å². The van der Waals surface area contributed by atoms with Crippen molar-refractivity contribution in [2.24, 2.45) is 0 Å². The fraction of sp³-hybridized carbons (Fsp3) is 0. The van der Waals surface area contributed by atoms with Crippen LogP contribution in [-0.4, -0.2) is 15.0 Å². The fourth-order valence-electron chi connectivity index (χ4n) is 7.91. The average Bonchev–Trinajstić information content (AvgIpc) is 3.85. The smallest absolute Gasteiger partial charge is 0.161 e. The van der Waals surface area contributed by atoms with Crippen LogP contribution in [0.3, 0.4) is 0 Å². The SMILES string of the molecule is c1ccc(-c2cc(-c3ccc(-c4ccc(-c5ccc6sc7ccccc7c6c5)c5oc6ccccc6c45)cc3)nc(-c3ccccc3-c3ccccn3)n2)cc1. The maximum Gasteiger partial charge on any atom is 0.161 e. The number of nitrogens with zero attached hydrogens (tertiary/aromatic N) is 3. The molecule has 4 aromatic heterocycles. The van der Waals surface area contributed by atoms with Gasteiger partial charge in [-0.3, -0.25) is 4.98 Å². The highest BCUT2D eigenvalue weighted by molar-refractivity contribution is 7.25. The number of benzene rings is 7. The molecule has 262 valence electrons. The van der Waals surface area contributed by atoms with Crippen molar-refractivity contribution in [2.75, 3.05) is 0 Å². The largest absolute Gasteiger partial charge is 0.455 e. The Morgan fingerprint density at radius 2 is 1.04 bits per heavy atom. The number of hydrogen-bond acceptors (Lipinski definition) is 5. The first-order valence-corrected chi connectivity index (χ1v) is 19.5. The Balaban J connectivity index is 1.04. The third-order valence-electron chi connectivity index (χ3n) is 10.6. The Hall–Kier alpha value is -7.21. The Morgan fingerprint density at radius 3 is 1.86 bits per heavy atom. The van der Waals surface area contributed by atoms with E-state index in [4.69, 9.17) is 14.4 Å². The van der Waals surface area contributed by atoms with Gasteiger partial charge in [0.15, 0.2) is 5.82 Å². The molecule has 0 amide bonds. The van der Waals surface area contributed by atoms with Gasteiger partial charge in [0.25, 0.3) is 0 Å². The molecule has 0 saturated carbocycles. The van der Waals surface area contributed by atoms with Gasteiger partial charge in [-0.1, -0.05) is 133 Å². The van der Waals surface area contributed by atoms with Gasteiger partial charge in [-0.05, 0) is 65.2 Å². The van der Waals surface area contributed by atoms with E-state index in [0.717, 1.165) is 83.5 Å². The van der Waals surface area contributed by atoms with Crippen LogP contribution >= 0.6 is 11.3 Å². The molecule has 0 aliphatic heterocycles. The first-order valence-electron chi connectivity index (χ1n) is 18.7. The molecule has 0 aliphatic rings. The zero-order valence-corrected chi connectivity index (χ0v) is 30.9. The molecule has 56 heavy (non-hydrogen) atoms. The summed E-state index contributed by atoms with van der Waals surface area (Å²) in [6.45, 7) is 0. The maximum atomic E-state index is 6.71. The molecule has 11 rings (SSSR count). The van der Waals surface area contributed by atoms with Crippen molar-refractivity contribution >= 4 is 53.4 Å². The highest BCUT2D eigenvalue weighted by Crippen LogP contribution is 2.44. The molecule has 4 nitrogen and oxygen atoms in total. The van der Waals surface area contributed by atoms with Crippen molar-refractivity contribution in [2.45, 2.75) is 0 Å². The second-order valence-corrected chi connectivity index (χ2v) is 15.0. The predicted molar refractivity (Wildman–Crippen MR) is 233 cm³/mol. The lowest BCUT2D eigenvalue weighted by Gasteiger charge is -2.13. The second kappa shape index (κ2) is 13.3. The van der Waals surface area contributed by atoms with Gasteiger partial charge in [0.05, 0.1) is 17.1 Å². The summed E-state index contributed by atoms with van der Waals surface area (Å²) in [5.41, 5.74) is 12.8. The van der Waals surface area contributed by atoms with Crippen molar-refractivity contribution in [1.29, 1.82) is 0 Å². The molecular weight excluding hydrogens is 703 g/mol. The predicted octanol–water partition coefficient (Wildman–Crippen LogP) is 14.1. The van der Waals surface area contributed by atoms with E-state index in [2.05, 4.69) is 132 Å². The Labute approximate surface area is 327 Å². The van der Waals surface area contributed by atoms with Crippen LogP contribution in [0.1, 0.15) is 0 Å². The standard InChI is InChI=1S/C51H31N3OS/c1-2-12-33(13-3-1)44-31-45(54-51(53-44)40-16-5-4-14-38(40)43-18-10-11-29-52-43)34-23-21-32(22-24-34)36-26-27-37(50-49(36)41-17-6-8-19-46(41)55-50)35-25-28-48-42(30-35)39-15-7-9-20-47(39)56-48/h1-31H. The van der Waals surface area contributed by atoms with Crippen LogP contribution in [0.25, 0.3) is 110 Å². The minimum atomic E-state index is 0.655. The molecule has 0 saturated heterocycles. The summed E-state index contributed by atoms with van der Waals surface area (Å²) in [6, 6.07) is 63.5. The lowest BCUT2D eigenvalue weighted by atomic mass is 9.93. The summed E-state index contributed by atoms with van der Waals surface area (Å²) in [5.74, 6) is 0.655. The van der Waals surface area contributed by atoms with Crippen LogP contribution in [0.2, 0.25) is 0 Å². The third-order valence-corrected chi connectivity index (χ3v) is 11.8. The van der Waals surface area contributed by atoms with Crippen molar-refractivity contribution in [1.82, 2.24) is 15.0 Å². The normalized spacial score (nSPS) is 11.6. The summed E-state index contributed by atoms with van der Waals surface area (Å²) in [4.78, 5) is 15.0. The minimum Gasteiger partial charge on any atom is -0.455 e. The molecule has 5 heteroatoms. The topological polar surface area (TPSA) is 51.8 Å². The Morgan fingerprint density at radius 1 is 0.393 bits per heavy atom. The van der Waals surface area contributed by atoms with Gasteiger partial charge in [0.1, 0.15) is 11.2 Å². The number of rotatable bonds is 6. The van der Waals surface area contributed by atoms with Crippen molar-refractivity contribution in [3.63, 3.8) is 0 Å². The molecule has 11 aromatic rings. The molecule has 0 spiro atoms. The van der Waals surface area contributed by atoms with Crippen LogP contribution in [0.15, 0.2) is 193 Å². The molecule has 0 radical (unpaired) electrons. The fourth-order valence-corrected chi connectivity index (χ4v) is 8.99. The van der Waals surface area contributed by atoms with Gasteiger partial charge in [0, 0.05) is 65.0 Å². The number of fused-ring (bicyclic) bond motifs is 6. The van der Waals surface area contributed by atoms with Gasteiger partial charge < -0.3 is 4.42 Å². The van der Waals surface area contributed by atoms with E-state index >= 15 is 0 Å². The van der Waals surface area contributed by atoms with Crippen molar-refractivity contribution in [3.05, 3.63) is 188 Å². The van der Waals surface area contributed by atoms with Gasteiger partial charge >= 0.3 is 0 Å². The summed E-state index contributed by atoms with van der Waals surface area (Å²) in [5, 5.41) is 4.78. The van der Waals surface area contributed by atoms with Crippen LogP contribution in [-0.2, 0) is 0 Å². The van der Waals surface area contributed by atoms with E-state index in [-0.39, 0.29) is 0 Å². The van der Waals surface area contributed by atoms with E-state index < -0.39 is 0 Å². The summed E-state index contributed by atoms with van der Waals surface area (Å²) in [6.07, 6.45) is 1.82. The second-order valence-electron chi connectivity index (χ2n) is 13.9. The summed E-state index contributed by atoms with van der Waals surface area (Å²) >= 11 is 1.84. The van der Waals surface area contributed by atoms with E-state index in [0.29, 0.717) is 5.82 Å². The van der Waals surface area contributed by atoms with E-state index in [9.17, 15) is 0 Å². The number of pyridine rings is 1. The van der Waals surface area contributed by atoms with Crippen molar-refractivity contribution in [3.8, 4) is 67.4 Å². The molecular formula is C51H31N3OS. The van der Waals surface area contributed by atoms with Crippen LogP contribution in [0.4, 0.5) is 0 Å². The number of thiophene rings is 1. The Kier molecular flexibility index (Phi) is 7.64. The van der Waals surface area contributed by atoms with Crippen molar-refractivity contribution < 1.29 is 4.42 Å². The molecule has 7 aromatic carbocycles. The van der Waals surface area contributed by atoms with Crippen LogP contribution in [0, 0.1) is 0 Å². The zero-order chi connectivity index (χ0) is 37.0.